The van der Waals surface area contributed by atoms with E-state index in [9.17, 15) is 17.8 Å². The van der Waals surface area contributed by atoms with Crippen molar-refractivity contribution in [2.75, 3.05) is 0 Å². The molecule has 0 saturated heterocycles. The first-order chi connectivity index (χ1) is 10.00. The zero-order valence-electron chi connectivity index (χ0n) is 13.4. The van der Waals surface area contributed by atoms with Gasteiger partial charge in [0.2, 0.25) is 0 Å². The maximum absolute atomic E-state index is 13.0. The fourth-order valence-electron chi connectivity index (χ4n) is 4.41. The standard InChI is InChI=1S/C17H22O4S/c1-10-5-6-13(22(19,20)21)11(9-10)14-12-7-8-17(4,15(14)18)16(12,2)3/h5-6,9,12-13H,7-8H2,1-4H3,(H,19,20,21). The van der Waals surface area contributed by atoms with E-state index in [2.05, 4.69) is 13.8 Å². The second-order valence-electron chi connectivity index (χ2n) is 7.53. The number of fused-ring (bicyclic) bond motifs is 2. The number of Topliss-reactive ketones (excluding diaryl/α,β-unsaturated/α-hetero) is 1. The molecule has 2 fully saturated rings. The van der Waals surface area contributed by atoms with Gasteiger partial charge in [0.25, 0.3) is 10.1 Å². The molecule has 0 aromatic carbocycles. The normalized spacial score (nSPS) is 40.2. The highest BCUT2D eigenvalue weighted by molar-refractivity contribution is 7.86. The minimum atomic E-state index is -4.27. The van der Waals surface area contributed by atoms with Crippen LogP contribution in [-0.4, -0.2) is 24.0 Å². The largest absolute Gasteiger partial charge is 0.294 e. The first-order valence-corrected chi connectivity index (χ1v) is 9.12. The van der Waals surface area contributed by atoms with E-state index in [1.54, 1.807) is 12.2 Å². The summed E-state index contributed by atoms with van der Waals surface area (Å²) < 4.78 is 33.0. The molecule has 3 rings (SSSR count). The van der Waals surface area contributed by atoms with Crippen molar-refractivity contribution >= 4 is 15.9 Å². The number of allylic oxidation sites excluding steroid dienone is 4. The van der Waals surface area contributed by atoms with E-state index >= 15 is 0 Å². The highest BCUT2D eigenvalue weighted by Crippen LogP contribution is 2.66. The molecule has 0 heterocycles. The van der Waals surface area contributed by atoms with E-state index in [1.165, 1.54) is 6.08 Å². The van der Waals surface area contributed by atoms with Gasteiger partial charge in [-0.25, -0.2) is 0 Å². The fourth-order valence-corrected chi connectivity index (χ4v) is 5.20. The molecule has 120 valence electrons. The van der Waals surface area contributed by atoms with E-state index in [0.29, 0.717) is 11.1 Å². The lowest BCUT2D eigenvalue weighted by molar-refractivity contribution is -0.125. The van der Waals surface area contributed by atoms with Gasteiger partial charge in [-0.2, -0.15) is 8.42 Å². The summed E-state index contributed by atoms with van der Waals surface area (Å²) in [6.07, 6.45) is 6.62. The summed E-state index contributed by atoms with van der Waals surface area (Å²) in [5, 5.41) is -1.13. The van der Waals surface area contributed by atoms with Crippen LogP contribution in [-0.2, 0) is 14.9 Å². The Morgan fingerprint density at radius 3 is 2.41 bits per heavy atom. The number of carbonyl (C=O) groups excluding carboxylic acids is 1. The molecular weight excluding hydrogens is 300 g/mol. The Morgan fingerprint density at radius 2 is 1.91 bits per heavy atom. The van der Waals surface area contributed by atoms with Crippen molar-refractivity contribution in [2.24, 2.45) is 16.7 Å². The highest BCUT2D eigenvalue weighted by Gasteiger charge is 2.64. The molecule has 3 atom stereocenters. The topological polar surface area (TPSA) is 71.4 Å². The Labute approximate surface area is 131 Å². The second kappa shape index (κ2) is 4.42. The quantitative estimate of drug-likeness (QED) is 0.595. The summed E-state index contributed by atoms with van der Waals surface area (Å²) in [5.41, 5.74) is 1.35. The maximum Gasteiger partial charge on any atom is 0.275 e. The molecule has 0 aliphatic heterocycles. The number of hydrogen-bond acceptors (Lipinski definition) is 3. The lowest BCUT2D eigenvalue weighted by Crippen LogP contribution is -2.33. The van der Waals surface area contributed by atoms with Crippen LogP contribution in [0, 0.1) is 16.7 Å². The van der Waals surface area contributed by atoms with Crippen LogP contribution in [0.15, 0.2) is 34.9 Å². The molecule has 3 aliphatic rings. The average Bonchev–Trinajstić information content (AvgIpc) is 2.69. The monoisotopic (exact) mass is 322 g/mol. The SMILES string of the molecule is CC1=CC(=C2C(=O)C3(C)CCC2C3(C)C)C(S(=O)(=O)O)C=C1. The van der Waals surface area contributed by atoms with Crippen LogP contribution in [0.2, 0.25) is 0 Å². The molecule has 0 radical (unpaired) electrons. The van der Waals surface area contributed by atoms with Gasteiger partial charge in [0, 0.05) is 11.0 Å². The Bertz CT molecular complexity index is 752. The summed E-state index contributed by atoms with van der Waals surface area (Å²) in [5.74, 6) is 0.108. The van der Waals surface area contributed by atoms with Gasteiger partial charge in [-0.05, 0) is 36.7 Å². The van der Waals surface area contributed by atoms with E-state index < -0.39 is 20.8 Å². The molecule has 3 aliphatic carbocycles. The minimum absolute atomic E-state index is 0.0525. The molecule has 0 aromatic rings. The number of rotatable bonds is 1. The molecule has 5 heteroatoms. The van der Waals surface area contributed by atoms with Gasteiger partial charge in [-0.3, -0.25) is 9.35 Å². The van der Waals surface area contributed by atoms with Gasteiger partial charge < -0.3 is 0 Å². The molecule has 2 saturated carbocycles. The number of ketones is 1. The van der Waals surface area contributed by atoms with Crippen molar-refractivity contribution in [1.82, 2.24) is 0 Å². The summed E-state index contributed by atoms with van der Waals surface area (Å²) in [6, 6.07) is 0. The van der Waals surface area contributed by atoms with Crippen LogP contribution in [0.4, 0.5) is 0 Å². The van der Waals surface area contributed by atoms with Crippen molar-refractivity contribution in [3.8, 4) is 0 Å². The predicted molar refractivity (Wildman–Crippen MR) is 84.9 cm³/mol. The van der Waals surface area contributed by atoms with E-state index in [-0.39, 0.29) is 17.1 Å². The van der Waals surface area contributed by atoms with Gasteiger partial charge in [0.05, 0.1) is 0 Å². The van der Waals surface area contributed by atoms with Gasteiger partial charge in [0.1, 0.15) is 5.25 Å². The highest BCUT2D eigenvalue weighted by atomic mass is 32.2. The molecule has 22 heavy (non-hydrogen) atoms. The zero-order valence-corrected chi connectivity index (χ0v) is 14.2. The maximum atomic E-state index is 13.0. The summed E-state index contributed by atoms with van der Waals surface area (Å²) in [7, 11) is -4.27. The Hall–Kier alpha value is -1.20. The summed E-state index contributed by atoms with van der Waals surface area (Å²) >= 11 is 0. The van der Waals surface area contributed by atoms with Crippen LogP contribution in [0.1, 0.15) is 40.5 Å². The van der Waals surface area contributed by atoms with Crippen molar-refractivity contribution in [3.05, 3.63) is 34.9 Å². The first-order valence-electron chi connectivity index (χ1n) is 7.62. The molecule has 0 spiro atoms. The molecular formula is C17H22O4S. The zero-order chi connectivity index (χ0) is 16.5. The number of hydrogen-bond donors (Lipinski definition) is 1. The average molecular weight is 322 g/mol. The molecule has 3 unspecified atom stereocenters. The van der Waals surface area contributed by atoms with E-state index in [0.717, 1.165) is 18.4 Å². The number of carbonyl (C=O) groups is 1. The van der Waals surface area contributed by atoms with Crippen molar-refractivity contribution in [1.29, 1.82) is 0 Å². The van der Waals surface area contributed by atoms with Crippen LogP contribution in [0.3, 0.4) is 0 Å². The van der Waals surface area contributed by atoms with Crippen molar-refractivity contribution < 1.29 is 17.8 Å². The molecule has 2 bridgehead atoms. The van der Waals surface area contributed by atoms with E-state index in [4.69, 9.17) is 0 Å². The van der Waals surface area contributed by atoms with E-state index in [1.807, 2.05) is 13.8 Å². The second-order valence-corrected chi connectivity index (χ2v) is 9.06. The summed E-state index contributed by atoms with van der Waals surface area (Å²) in [4.78, 5) is 13.0. The van der Waals surface area contributed by atoms with Gasteiger partial charge >= 0.3 is 0 Å². The molecule has 0 aromatic heterocycles. The van der Waals surface area contributed by atoms with Gasteiger partial charge in [-0.15, -0.1) is 0 Å². The molecule has 4 nitrogen and oxygen atoms in total. The van der Waals surface area contributed by atoms with Crippen LogP contribution >= 0.6 is 0 Å². The minimum Gasteiger partial charge on any atom is -0.294 e. The third-order valence-electron chi connectivity index (χ3n) is 6.18. The van der Waals surface area contributed by atoms with Gasteiger partial charge in [-0.1, -0.05) is 44.6 Å². The lowest BCUT2D eigenvalue weighted by atomic mass is 9.70. The molecule has 1 N–H and O–H groups in total. The fraction of sp³-hybridized carbons (Fsp3) is 0.588. The third kappa shape index (κ3) is 1.85. The lowest BCUT2D eigenvalue weighted by Gasteiger charge is -2.31. The van der Waals surface area contributed by atoms with Crippen LogP contribution in [0.5, 0.6) is 0 Å². The van der Waals surface area contributed by atoms with Crippen molar-refractivity contribution in [2.45, 2.75) is 45.8 Å². The third-order valence-corrected chi connectivity index (χ3v) is 7.23. The summed E-state index contributed by atoms with van der Waals surface area (Å²) in [6.45, 7) is 8.03. The Morgan fingerprint density at radius 1 is 1.27 bits per heavy atom. The van der Waals surface area contributed by atoms with Crippen molar-refractivity contribution in [3.63, 3.8) is 0 Å². The Balaban J connectivity index is 2.25. The van der Waals surface area contributed by atoms with Crippen LogP contribution < -0.4 is 0 Å². The Kier molecular flexibility index (Phi) is 3.15. The first kappa shape index (κ1) is 15.7. The van der Waals surface area contributed by atoms with Gasteiger partial charge in [0.15, 0.2) is 5.78 Å². The predicted octanol–water partition coefficient (Wildman–Crippen LogP) is 3.08. The molecule has 0 amide bonds. The smallest absolute Gasteiger partial charge is 0.275 e. The van der Waals surface area contributed by atoms with Crippen LogP contribution in [0.25, 0.3) is 0 Å².